The van der Waals surface area contributed by atoms with Crippen LogP contribution in [0.1, 0.15) is 46.5 Å². The number of rotatable bonds is 12. The highest BCUT2D eigenvalue weighted by molar-refractivity contribution is 7.56. The van der Waals surface area contributed by atoms with Gasteiger partial charge in [0.2, 0.25) is 0 Å². The molecule has 0 bridgehead atoms. The number of fused-ring (bicyclic) bond motifs is 1. The summed E-state index contributed by atoms with van der Waals surface area (Å²) in [6.45, 7) is 4.80. The molecule has 2 aromatic rings. The maximum Gasteiger partial charge on any atom is 0.332 e. The molecule has 2 unspecified atom stereocenters. The molecule has 3 rings (SSSR count). The Balaban J connectivity index is 1.70. The summed E-state index contributed by atoms with van der Waals surface area (Å²) in [5.74, 6) is -1.57. The van der Waals surface area contributed by atoms with Crippen molar-refractivity contribution in [1.29, 1.82) is 0 Å². The van der Waals surface area contributed by atoms with E-state index in [1.165, 1.54) is 6.33 Å². The van der Waals surface area contributed by atoms with Gasteiger partial charge < -0.3 is 29.4 Å². The molecule has 188 valence electrons. The second-order valence-corrected chi connectivity index (χ2v) is 10.7. The van der Waals surface area contributed by atoms with E-state index in [1.807, 2.05) is 0 Å². The average Bonchev–Trinajstić information content (AvgIpc) is 3.40. The topological polar surface area (TPSA) is 181 Å². The van der Waals surface area contributed by atoms with Crippen molar-refractivity contribution in [3.05, 3.63) is 12.7 Å². The van der Waals surface area contributed by atoms with E-state index in [2.05, 4.69) is 20.0 Å². The van der Waals surface area contributed by atoms with Crippen molar-refractivity contribution in [3.8, 4) is 0 Å². The summed E-state index contributed by atoms with van der Waals surface area (Å²) >= 11 is 0. The van der Waals surface area contributed by atoms with E-state index in [0.717, 1.165) is 0 Å². The third kappa shape index (κ3) is 6.29. The zero-order chi connectivity index (χ0) is 24.9. The molecule has 0 amide bonds. The molecular formula is C20H31N6O7P. The minimum atomic E-state index is -3.91. The minimum Gasteiger partial charge on any atom is -0.480 e. The first-order chi connectivity index (χ1) is 16.0. The Kier molecular flexibility index (Phi) is 8.24. The van der Waals surface area contributed by atoms with Crippen LogP contribution in [0.3, 0.4) is 0 Å². The Morgan fingerprint density at radius 3 is 2.62 bits per heavy atom. The molecular weight excluding hydrogens is 467 g/mol. The summed E-state index contributed by atoms with van der Waals surface area (Å²) in [5, 5.41) is 12.5. The normalized spacial score (nSPS) is 18.1. The highest BCUT2D eigenvalue weighted by Gasteiger charge is 2.47. The van der Waals surface area contributed by atoms with Gasteiger partial charge in [-0.3, -0.25) is 9.36 Å². The largest absolute Gasteiger partial charge is 0.480 e. The summed E-state index contributed by atoms with van der Waals surface area (Å²) in [4.78, 5) is 36.2. The fraction of sp³-hybridized carbons (Fsp3) is 0.650. The van der Waals surface area contributed by atoms with E-state index in [0.29, 0.717) is 43.4 Å². The first kappa shape index (κ1) is 26.0. The number of nitrogens with one attached hydrogen (secondary N) is 1. The molecule has 1 fully saturated rings. The zero-order valence-electron chi connectivity index (χ0n) is 19.5. The first-order valence-corrected chi connectivity index (χ1v) is 12.8. The lowest BCUT2D eigenvalue weighted by atomic mass is 10.0. The van der Waals surface area contributed by atoms with Gasteiger partial charge in [-0.15, -0.1) is 0 Å². The number of aromatic nitrogens is 4. The van der Waals surface area contributed by atoms with Gasteiger partial charge in [0.15, 0.2) is 18.1 Å². The van der Waals surface area contributed by atoms with Crippen molar-refractivity contribution < 1.29 is 33.3 Å². The number of anilines is 1. The third-order valence-corrected chi connectivity index (χ3v) is 7.23. The molecule has 0 aliphatic heterocycles. The Labute approximate surface area is 196 Å². The number of hydrogen-bond acceptors (Lipinski definition) is 10. The number of ether oxygens (including phenoxy) is 2. The van der Waals surface area contributed by atoms with Crippen LogP contribution in [0, 0.1) is 0 Å². The SMILES string of the molecule is CC(C)OC(=O)COP(=O)(COC(C)Cn1cnc2c(N)ncnc21)NC1(C(=O)O)CCCC1. The van der Waals surface area contributed by atoms with Gasteiger partial charge in [0, 0.05) is 0 Å². The van der Waals surface area contributed by atoms with E-state index >= 15 is 0 Å². The summed E-state index contributed by atoms with van der Waals surface area (Å²) in [5.41, 5.74) is 5.39. The van der Waals surface area contributed by atoms with Gasteiger partial charge in [0.05, 0.1) is 25.1 Å². The predicted octanol–water partition coefficient (Wildman–Crippen LogP) is 1.92. The number of aliphatic carboxylic acids is 1. The van der Waals surface area contributed by atoms with E-state index in [-0.39, 0.29) is 11.9 Å². The standard InChI is InChI=1S/C20H31N6O7P/c1-13(2)33-15(27)9-32-34(30,25-20(19(28)29)6-4-5-7-20)12-31-14(3)8-26-11-24-16-17(21)22-10-23-18(16)26/h10-11,13-14H,4-9,12H2,1-3H3,(H,25,30)(H,28,29)(H2,21,22,23). The Bertz CT molecular complexity index is 1070. The molecule has 0 saturated heterocycles. The molecule has 2 heterocycles. The molecule has 0 spiro atoms. The van der Waals surface area contributed by atoms with Crippen LogP contribution in [0.15, 0.2) is 12.7 Å². The smallest absolute Gasteiger partial charge is 0.332 e. The fourth-order valence-corrected chi connectivity index (χ4v) is 5.76. The number of carbonyl (C=O) groups is 2. The third-order valence-electron chi connectivity index (χ3n) is 5.42. The molecule has 1 saturated carbocycles. The molecule has 1 aliphatic carbocycles. The van der Waals surface area contributed by atoms with Crippen LogP contribution in [0.5, 0.6) is 0 Å². The van der Waals surface area contributed by atoms with E-state index in [4.69, 9.17) is 19.7 Å². The minimum absolute atomic E-state index is 0.253. The number of nitrogen functional groups attached to an aromatic ring is 1. The Hall–Kier alpha value is -2.60. The van der Waals surface area contributed by atoms with Crippen LogP contribution in [0.25, 0.3) is 11.2 Å². The van der Waals surface area contributed by atoms with Crippen molar-refractivity contribution in [2.45, 2.75) is 70.7 Å². The fourth-order valence-electron chi connectivity index (χ4n) is 3.82. The summed E-state index contributed by atoms with van der Waals surface area (Å²) in [6.07, 6.45) is 3.51. The number of carbonyl (C=O) groups excluding carboxylic acids is 1. The molecule has 4 N–H and O–H groups in total. The lowest BCUT2D eigenvalue weighted by molar-refractivity contribution is -0.149. The van der Waals surface area contributed by atoms with Crippen LogP contribution in [0.2, 0.25) is 0 Å². The lowest BCUT2D eigenvalue weighted by Crippen LogP contribution is -2.49. The van der Waals surface area contributed by atoms with E-state index < -0.39 is 44.1 Å². The number of hydrogen-bond donors (Lipinski definition) is 3. The summed E-state index contributed by atoms with van der Waals surface area (Å²) in [7, 11) is -3.91. The van der Waals surface area contributed by atoms with Crippen LogP contribution in [-0.4, -0.2) is 67.3 Å². The monoisotopic (exact) mass is 498 g/mol. The van der Waals surface area contributed by atoms with Gasteiger partial charge in [0.1, 0.15) is 23.7 Å². The van der Waals surface area contributed by atoms with Gasteiger partial charge in [-0.1, -0.05) is 12.8 Å². The van der Waals surface area contributed by atoms with Gasteiger partial charge in [0.25, 0.3) is 7.52 Å². The quantitative estimate of drug-likeness (QED) is 0.286. The second kappa shape index (κ2) is 10.8. The number of nitrogens with two attached hydrogens (primary N) is 1. The highest BCUT2D eigenvalue weighted by Crippen LogP contribution is 2.48. The van der Waals surface area contributed by atoms with Crippen molar-refractivity contribution in [3.63, 3.8) is 0 Å². The van der Waals surface area contributed by atoms with Crippen LogP contribution < -0.4 is 10.8 Å². The predicted molar refractivity (Wildman–Crippen MR) is 122 cm³/mol. The highest BCUT2D eigenvalue weighted by atomic mass is 31.2. The van der Waals surface area contributed by atoms with E-state index in [1.54, 1.807) is 31.7 Å². The maximum atomic E-state index is 13.6. The van der Waals surface area contributed by atoms with Crippen molar-refractivity contribution in [2.75, 3.05) is 18.7 Å². The average molecular weight is 498 g/mol. The van der Waals surface area contributed by atoms with Gasteiger partial charge in [-0.05, 0) is 33.6 Å². The molecule has 13 nitrogen and oxygen atoms in total. The summed E-state index contributed by atoms with van der Waals surface area (Å²) in [6, 6.07) is 0. The molecule has 2 atom stereocenters. The maximum absolute atomic E-state index is 13.6. The molecule has 0 radical (unpaired) electrons. The zero-order valence-corrected chi connectivity index (χ0v) is 20.4. The number of carboxylic acid groups (broad SMARTS) is 1. The Morgan fingerprint density at radius 2 is 1.97 bits per heavy atom. The molecule has 2 aromatic heterocycles. The molecule has 34 heavy (non-hydrogen) atoms. The molecule has 0 aromatic carbocycles. The Morgan fingerprint density at radius 1 is 1.26 bits per heavy atom. The van der Waals surface area contributed by atoms with Crippen molar-refractivity contribution in [2.24, 2.45) is 0 Å². The van der Waals surface area contributed by atoms with E-state index in [9.17, 15) is 19.3 Å². The number of imidazole rings is 1. The van der Waals surface area contributed by atoms with Gasteiger partial charge in [-0.25, -0.2) is 24.8 Å². The van der Waals surface area contributed by atoms with Crippen LogP contribution in [0.4, 0.5) is 5.82 Å². The summed E-state index contributed by atoms with van der Waals surface area (Å²) < 4.78 is 31.6. The van der Waals surface area contributed by atoms with Crippen LogP contribution in [-0.2, 0) is 34.7 Å². The number of carboxylic acids is 1. The van der Waals surface area contributed by atoms with Crippen molar-refractivity contribution >= 4 is 36.4 Å². The molecule has 1 aliphatic rings. The van der Waals surface area contributed by atoms with Gasteiger partial charge in [-0.2, -0.15) is 0 Å². The van der Waals surface area contributed by atoms with Crippen LogP contribution >= 0.6 is 7.52 Å². The first-order valence-electron chi connectivity index (χ1n) is 11.0. The second-order valence-electron chi connectivity index (χ2n) is 8.63. The molecule has 14 heteroatoms. The van der Waals surface area contributed by atoms with Crippen molar-refractivity contribution in [1.82, 2.24) is 24.6 Å². The number of esters is 1. The lowest BCUT2D eigenvalue weighted by Gasteiger charge is -2.31. The van der Waals surface area contributed by atoms with Gasteiger partial charge >= 0.3 is 11.9 Å². The number of nitrogens with zero attached hydrogens (tertiary/aromatic N) is 4.